The van der Waals surface area contributed by atoms with Gasteiger partial charge in [-0.15, -0.1) is 0 Å². The van der Waals surface area contributed by atoms with E-state index in [1.165, 1.54) is 228 Å². The van der Waals surface area contributed by atoms with Crippen molar-refractivity contribution in [2.24, 2.45) is 25.9 Å². The normalized spacial score (nSPS) is 13.4. The van der Waals surface area contributed by atoms with Gasteiger partial charge in [0.2, 0.25) is 0 Å². The Morgan fingerprint density at radius 3 is 0.790 bits per heavy atom. The standard InChI is InChI=1S/2C24H36N2.2C5H10.2BF3.BF2.F2.2FH.2Fe.HI.Na/c2*1-25-18-13-23(14-19-25)24-15-20-26(21-16-24)17-9-5-3-2-4-6-10-22-11-7-8-12-22;2*1-2-4-5-3-1;2*2-1(3)4;2-1-3;1-2;;;;;;/h2*13-16,18-22H,2-12,17H2,1H3;2*1-5H2;;;;;2*1H;;;1H;/q2*+2;;;;;-1;;;;;;;+1/p-3. The number of unbranched alkanes of at least 4 members (excludes halogenated alkanes) is 10. The van der Waals surface area contributed by atoms with E-state index in [4.69, 9.17) is 9.15 Å². The van der Waals surface area contributed by atoms with Crippen molar-refractivity contribution in [3.8, 4) is 22.3 Å². The van der Waals surface area contributed by atoms with Crippen LogP contribution in [-0.4, -0.2) is 22.9 Å². The Labute approximate surface area is 542 Å². The van der Waals surface area contributed by atoms with Crippen molar-refractivity contribution in [3.05, 3.63) is 98.1 Å². The zero-order valence-electron chi connectivity index (χ0n) is 48.6. The molecule has 4 fully saturated rings. The van der Waals surface area contributed by atoms with E-state index < -0.39 is 22.9 Å². The van der Waals surface area contributed by atoms with Crippen LogP contribution in [-0.2, 0) is 61.3 Å². The van der Waals surface area contributed by atoms with E-state index in [1.54, 1.807) is 0 Å². The van der Waals surface area contributed by atoms with E-state index in [9.17, 15) is 34.5 Å². The first-order valence-corrected chi connectivity index (χ1v) is 28.4. The minimum Gasteiger partial charge on any atom is -1.00 e. The first-order chi connectivity index (χ1) is 36.5. The summed E-state index contributed by atoms with van der Waals surface area (Å²) < 4.78 is 102. The molecule has 0 unspecified atom stereocenters. The van der Waals surface area contributed by atoms with Crippen LogP contribution in [0.2, 0.25) is 0 Å². The number of hydrogen-bond acceptors (Lipinski definition) is 0. The SMILES string of the molecule is C1CCCC1.C1CCCC1.C[n+]1ccc(-c2cc[n+](CCCCCCCCC3CCCC3)cc2)cc1.C[n+]1ccc(-c2cc[n+](CCCCCCCCC3CCCC3)cc2)cc1.FB(F)F.FB(F)F.FF.F[B-]F.[F-].[F-].[Fe].[Fe].[I-].[Na+]. The second-order valence-corrected chi connectivity index (χ2v) is 20.4. The Morgan fingerprint density at radius 2 is 0.568 bits per heavy atom. The zero-order valence-corrected chi connectivity index (χ0v) is 54.9. The summed E-state index contributed by atoms with van der Waals surface area (Å²) in [6.45, 7) is 2.29. The van der Waals surface area contributed by atoms with Crippen molar-refractivity contribution in [2.75, 3.05) is 0 Å². The van der Waals surface area contributed by atoms with Crippen LogP contribution < -0.4 is 81.2 Å². The Morgan fingerprint density at radius 1 is 0.383 bits per heavy atom. The molecule has 0 aromatic carbocycles. The molecule has 4 aromatic heterocycles. The van der Waals surface area contributed by atoms with Crippen molar-refractivity contribution in [3.63, 3.8) is 0 Å². The molecule has 4 nitrogen and oxygen atoms in total. The second kappa shape index (κ2) is 64.7. The molecule has 4 aromatic rings. The van der Waals surface area contributed by atoms with Gasteiger partial charge in [-0.25, -0.2) is 18.3 Å². The number of aromatic nitrogens is 4. The summed E-state index contributed by atoms with van der Waals surface area (Å²) in [6, 6.07) is 17.6. The summed E-state index contributed by atoms with van der Waals surface area (Å²) in [5.74, 6) is 2.15. The van der Waals surface area contributed by atoms with E-state index in [1.807, 2.05) is 0 Å². The summed E-state index contributed by atoms with van der Waals surface area (Å²) in [6.07, 6.45) is 64.2. The van der Waals surface area contributed by atoms with Crippen molar-refractivity contribution in [1.82, 2.24) is 0 Å². The predicted octanol–water partition coefficient (Wildman–Crippen LogP) is 5.74. The van der Waals surface area contributed by atoms with Crippen LogP contribution in [0.3, 0.4) is 0 Å². The molecule has 460 valence electrons. The van der Waals surface area contributed by atoms with Gasteiger partial charge in [0.05, 0.1) is 0 Å². The first-order valence-electron chi connectivity index (χ1n) is 28.4. The third-order valence-corrected chi connectivity index (χ3v) is 14.4. The number of halogens is 13. The van der Waals surface area contributed by atoms with Crippen LogP contribution in [0.4, 0.5) is 43.7 Å². The van der Waals surface area contributed by atoms with Crippen LogP contribution in [0.15, 0.2) is 98.1 Å². The number of nitrogens with zero attached hydrogens (tertiary/aromatic N) is 4. The van der Waals surface area contributed by atoms with E-state index >= 15 is 0 Å². The van der Waals surface area contributed by atoms with Gasteiger partial charge in [0.25, 0.3) is 0 Å². The topological polar surface area (TPSA) is 15.5 Å². The molecule has 0 atom stereocenters. The van der Waals surface area contributed by atoms with Crippen molar-refractivity contribution < 1.29 is 159 Å². The maximum Gasteiger partial charge on any atom is 1.00 e. The fraction of sp³-hybridized carbons (Fsp3) is 0.655. The average Bonchev–Trinajstić information content (AvgIpc) is 4.29. The van der Waals surface area contributed by atoms with Gasteiger partial charge in [0, 0.05) is 105 Å². The summed E-state index contributed by atoms with van der Waals surface area (Å²) >= 11 is 0. The van der Waals surface area contributed by atoms with E-state index in [0.717, 1.165) is 24.9 Å². The third-order valence-electron chi connectivity index (χ3n) is 14.4. The number of rotatable bonds is 20. The molecule has 4 aliphatic carbocycles. The van der Waals surface area contributed by atoms with Crippen molar-refractivity contribution >= 4 is 22.9 Å². The number of hydrogen-bond donors (Lipinski definition) is 0. The van der Waals surface area contributed by atoms with Gasteiger partial charge >= 0.3 is 44.6 Å². The van der Waals surface area contributed by atoms with Gasteiger partial charge < -0.3 is 42.0 Å². The molecule has 23 heteroatoms. The Kier molecular flexibility index (Phi) is 72.6. The molecule has 2 radical (unpaired) electrons. The van der Waals surface area contributed by atoms with Crippen LogP contribution in [0.1, 0.15) is 205 Å². The maximum absolute atomic E-state index is 9.67. The van der Waals surface area contributed by atoms with Gasteiger partial charge in [-0.1, -0.05) is 180 Å². The van der Waals surface area contributed by atoms with Crippen LogP contribution >= 0.6 is 0 Å². The van der Waals surface area contributed by atoms with Gasteiger partial charge in [0.15, 0.2) is 49.6 Å². The molecular formula is C58H92B3F12Fe2IN4Na+. The number of pyridine rings is 4. The zero-order chi connectivity index (χ0) is 55.0. The third kappa shape index (κ3) is 53.9. The molecule has 0 N–H and O–H groups in total. The summed E-state index contributed by atoms with van der Waals surface area (Å²) in [5, 5.41) is 0. The maximum atomic E-state index is 9.67. The average molecular weight is 1370 g/mol. The van der Waals surface area contributed by atoms with Crippen LogP contribution in [0, 0.1) is 11.8 Å². The Balaban J connectivity index is -0.000000237. The Bertz CT molecular complexity index is 1700. The van der Waals surface area contributed by atoms with Crippen molar-refractivity contribution in [2.45, 2.75) is 219 Å². The second-order valence-electron chi connectivity index (χ2n) is 20.4. The fourth-order valence-electron chi connectivity index (χ4n) is 10.2. The van der Waals surface area contributed by atoms with Gasteiger partial charge in [-0.3, -0.25) is 25.9 Å². The quantitative estimate of drug-likeness (QED) is 0.0353. The first kappa shape index (κ1) is 90.9. The van der Waals surface area contributed by atoms with Crippen LogP contribution in [0.5, 0.6) is 0 Å². The van der Waals surface area contributed by atoms with Gasteiger partial charge in [-0.05, 0) is 46.9 Å². The number of aryl methyl sites for hydroxylation is 4. The molecule has 0 bridgehead atoms. The minimum absolute atomic E-state index is 0. The minimum atomic E-state index is -3.67. The molecule has 0 aliphatic heterocycles. The largest absolute Gasteiger partial charge is 1.00 e. The van der Waals surface area contributed by atoms with Crippen molar-refractivity contribution in [1.29, 1.82) is 0 Å². The summed E-state index contributed by atoms with van der Waals surface area (Å²) in [7, 11) is -4.23. The summed E-state index contributed by atoms with van der Waals surface area (Å²) in [5.41, 5.74) is 5.16. The van der Waals surface area contributed by atoms with E-state index in [-0.39, 0.29) is 97.1 Å². The summed E-state index contributed by atoms with van der Waals surface area (Å²) in [4.78, 5) is 0. The fourth-order valence-corrected chi connectivity index (χ4v) is 10.2. The van der Waals surface area contributed by atoms with E-state index in [2.05, 4.69) is 130 Å². The van der Waals surface area contributed by atoms with Crippen LogP contribution in [0.25, 0.3) is 22.3 Å². The molecule has 0 saturated heterocycles. The smallest absolute Gasteiger partial charge is 1.00 e. The molecule has 8 rings (SSSR count). The predicted molar refractivity (Wildman–Crippen MR) is 290 cm³/mol. The molecular weight excluding hydrogens is 1270 g/mol. The van der Waals surface area contributed by atoms with E-state index in [0.29, 0.717) is 0 Å². The molecule has 4 saturated carbocycles. The van der Waals surface area contributed by atoms with Gasteiger partial charge in [-0.2, -0.15) is 0 Å². The molecule has 4 heterocycles. The Hall–Kier alpha value is -1.28. The molecule has 0 amide bonds. The van der Waals surface area contributed by atoms with Gasteiger partial charge in [0.1, 0.15) is 35.0 Å². The molecule has 0 spiro atoms. The molecule has 81 heavy (non-hydrogen) atoms. The molecule has 4 aliphatic rings. The monoisotopic (exact) mass is 1370 g/mol.